The third-order valence-corrected chi connectivity index (χ3v) is 11.1. The molecular formula is C54H35NO2. The Morgan fingerprint density at radius 1 is 0.298 bits per heavy atom. The van der Waals surface area contributed by atoms with Crippen LogP contribution in [0.2, 0.25) is 0 Å². The normalized spacial score (nSPS) is 11.5. The third-order valence-electron chi connectivity index (χ3n) is 11.1. The molecule has 2 heterocycles. The van der Waals surface area contributed by atoms with Crippen molar-refractivity contribution in [3.05, 3.63) is 212 Å². The monoisotopic (exact) mass is 729 g/mol. The van der Waals surface area contributed by atoms with Gasteiger partial charge in [-0.1, -0.05) is 152 Å². The maximum absolute atomic E-state index is 6.83. The SMILES string of the molecule is c1ccc(-c2cccc(-c3ccc(N(c4ccc(-c5ccc6oc7ccccc7c6c5)cc4)c4ccc(-c5ccccc5)c5c4oc4ccccc45)cc3)c2)cc1. The van der Waals surface area contributed by atoms with Gasteiger partial charge >= 0.3 is 0 Å². The van der Waals surface area contributed by atoms with Crippen molar-refractivity contribution in [1.82, 2.24) is 0 Å². The highest BCUT2D eigenvalue weighted by Gasteiger charge is 2.22. The Balaban J connectivity index is 1.05. The molecule has 11 aromatic rings. The summed E-state index contributed by atoms with van der Waals surface area (Å²) in [5.41, 5.74) is 15.8. The van der Waals surface area contributed by atoms with Crippen molar-refractivity contribution < 1.29 is 8.83 Å². The lowest BCUT2D eigenvalue weighted by atomic mass is 9.97. The quantitative estimate of drug-likeness (QED) is 0.164. The number of para-hydroxylation sites is 2. The Kier molecular flexibility index (Phi) is 7.82. The van der Waals surface area contributed by atoms with Crippen LogP contribution in [0, 0.1) is 0 Å². The smallest absolute Gasteiger partial charge is 0.160 e. The van der Waals surface area contributed by atoms with Gasteiger partial charge in [-0.25, -0.2) is 0 Å². The van der Waals surface area contributed by atoms with E-state index in [2.05, 4.69) is 199 Å². The Hall–Kier alpha value is -7.62. The van der Waals surface area contributed by atoms with Crippen molar-refractivity contribution >= 4 is 60.9 Å². The number of hydrogen-bond donors (Lipinski definition) is 0. The summed E-state index contributed by atoms with van der Waals surface area (Å²) in [6.07, 6.45) is 0. The highest BCUT2D eigenvalue weighted by atomic mass is 16.3. The molecule has 0 bridgehead atoms. The second kappa shape index (κ2) is 13.6. The van der Waals surface area contributed by atoms with Crippen LogP contribution >= 0.6 is 0 Å². The van der Waals surface area contributed by atoms with Crippen molar-refractivity contribution in [1.29, 1.82) is 0 Å². The van der Waals surface area contributed by atoms with Crippen LogP contribution in [0.4, 0.5) is 17.1 Å². The van der Waals surface area contributed by atoms with Crippen LogP contribution < -0.4 is 4.90 Å². The molecule has 0 fully saturated rings. The van der Waals surface area contributed by atoms with Gasteiger partial charge in [0, 0.05) is 32.9 Å². The molecule has 268 valence electrons. The summed E-state index contributed by atoms with van der Waals surface area (Å²) >= 11 is 0. The van der Waals surface area contributed by atoms with Crippen molar-refractivity contribution in [2.24, 2.45) is 0 Å². The van der Waals surface area contributed by atoms with Crippen LogP contribution in [0.1, 0.15) is 0 Å². The molecule has 0 radical (unpaired) electrons. The number of hydrogen-bond acceptors (Lipinski definition) is 3. The third kappa shape index (κ3) is 5.76. The first-order valence-electron chi connectivity index (χ1n) is 19.3. The van der Waals surface area contributed by atoms with Gasteiger partial charge in [-0.15, -0.1) is 0 Å². The molecule has 0 saturated carbocycles. The molecule has 0 saturated heterocycles. The average molecular weight is 730 g/mol. The van der Waals surface area contributed by atoms with Crippen molar-refractivity contribution in [2.45, 2.75) is 0 Å². The summed E-state index contributed by atoms with van der Waals surface area (Å²) < 4.78 is 13.0. The van der Waals surface area contributed by atoms with Gasteiger partial charge in [0.25, 0.3) is 0 Å². The summed E-state index contributed by atoms with van der Waals surface area (Å²) in [6.45, 7) is 0. The Morgan fingerprint density at radius 3 is 1.46 bits per heavy atom. The zero-order valence-electron chi connectivity index (χ0n) is 31.0. The molecule has 2 aromatic heterocycles. The van der Waals surface area contributed by atoms with Gasteiger partial charge in [-0.2, -0.15) is 0 Å². The number of benzene rings is 9. The van der Waals surface area contributed by atoms with Gasteiger partial charge in [0.1, 0.15) is 16.7 Å². The number of anilines is 3. The second-order valence-electron chi connectivity index (χ2n) is 14.5. The number of fused-ring (bicyclic) bond motifs is 6. The summed E-state index contributed by atoms with van der Waals surface area (Å²) in [4.78, 5) is 2.32. The molecule has 0 aliphatic rings. The molecule has 0 N–H and O–H groups in total. The molecule has 0 aliphatic carbocycles. The van der Waals surface area contributed by atoms with Crippen LogP contribution in [-0.2, 0) is 0 Å². The molecule has 0 amide bonds. The topological polar surface area (TPSA) is 29.5 Å². The van der Waals surface area contributed by atoms with E-state index in [1.807, 2.05) is 18.2 Å². The Bertz CT molecular complexity index is 3210. The fraction of sp³-hybridized carbons (Fsp3) is 0. The zero-order chi connectivity index (χ0) is 37.7. The maximum atomic E-state index is 6.83. The van der Waals surface area contributed by atoms with E-state index in [1.54, 1.807) is 0 Å². The van der Waals surface area contributed by atoms with Crippen LogP contribution in [0.15, 0.2) is 221 Å². The minimum atomic E-state index is 0.846. The van der Waals surface area contributed by atoms with E-state index >= 15 is 0 Å². The summed E-state index contributed by atoms with van der Waals surface area (Å²) in [5.74, 6) is 0. The number of rotatable bonds is 7. The molecule has 3 nitrogen and oxygen atoms in total. The largest absolute Gasteiger partial charge is 0.456 e. The van der Waals surface area contributed by atoms with E-state index in [4.69, 9.17) is 8.83 Å². The van der Waals surface area contributed by atoms with E-state index in [9.17, 15) is 0 Å². The summed E-state index contributed by atoms with van der Waals surface area (Å²) in [6, 6.07) is 75.1. The summed E-state index contributed by atoms with van der Waals surface area (Å²) in [7, 11) is 0. The fourth-order valence-electron chi connectivity index (χ4n) is 8.30. The predicted molar refractivity (Wildman–Crippen MR) is 237 cm³/mol. The van der Waals surface area contributed by atoms with Crippen LogP contribution in [0.25, 0.3) is 88.4 Å². The first kappa shape index (κ1) is 32.8. The van der Waals surface area contributed by atoms with Gasteiger partial charge < -0.3 is 13.7 Å². The lowest BCUT2D eigenvalue weighted by Crippen LogP contribution is -2.10. The van der Waals surface area contributed by atoms with Gasteiger partial charge in [-0.3, -0.25) is 0 Å². The maximum Gasteiger partial charge on any atom is 0.160 e. The molecule has 3 heteroatoms. The molecule has 9 aromatic carbocycles. The van der Waals surface area contributed by atoms with Crippen LogP contribution in [0.5, 0.6) is 0 Å². The first-order chi connectivity index (χ1) is 28.2. The summed E-state index contributed by atoms with van der Waals surface area (Å²) in [5, 5.41) is 4.44. The highest BCUT2D eigenvalue weighted by molar-refractivity contribution is 6.17. The lowest BCUT2D eigenvalue weighted by Gasteiger charge is -2.26. The van der Waals surface area contributed by atoms with Gasteiger partial charge in [0.2, 0.25) is 0 Å². The molecular weight excluding hydrogens is 695 g/mol. The van der Waals surface area contributed by atoms with Crippen LogP contribution in [0.3, 0.4) is 0 Å². The van der Waals surface area contributed by atoms with Gasteiger partial charge in [0.15, 0.2) is 5.58 Å². The molecule has 57 heavy (non-hydrogen) atoms. The van der Waals surface area contributed by atoms with E-state index in [0.717, 1.165) is 88.8 Å². The first-order valence-corrected chi connectivity index (χ1v) is 19.3. The van der Waals surface area contributed by atoms with Crippen molar-refractivity contribution in [2.75, 3.05) is 4.90 Å². The van der Waals surface area contributed by atoms with Gasteiger partial charge in [0.05, 0.1) is 5.69 Å². The Labute approximate surface area is 330 Å². The zero-order valence-corrected chi connectivity index (χ0v) is 31.0. The highest BCUT2D eigenvalue weighted by Crippen LogP contribution is 2.46. The molecule has 0 aliphatic heterocycles. The van der Waals surface area contributed by atoms with E-state index in [-0.39, 0.29) is 0 Å². The molecule has 0 spiro atoms. The number of furan rings is 2. The van der Waals surface area contributed by atoms with E-state index in [1.165, 1.54) is 16.7 Å². The predicted octanol–water partition coefficient (Wildman–Crippen LogP) is 15.6. The minimum Gasteiger partial charge on any atom is -0.456 e. The van der Waals surface area contributed by atoms with Crippen molar-refractivity contribution in [3.8, 4) is 44.5 Å². The molecule has 11 rings (SSSR count). The van der Waals surface area contributed by atoms with E-state index < -0.39 is 0 Å². The minimum absolute atomic E-state index is 0.846. The molecule has 0 unspecified atom stereocenters. The van der Waals surface area contributed by atoms with Crippen molar-refractivity contribution in [3.63, 3.8) is 0 Å². The lowest BCUT2D eigenvalue weighted by molar-refractivity contribution is 0.668. The van der Waals surface area contributed by atoms with Crippen LogP contribution in [-0.4, -0.2) is 0 Å². The number of nitrogens with zero attached hydrogens (tertiary/aromatic N) is 1. The Morgan fingerprint density at radius 2 is 0.789 bits per heavy atom. The van der Waals surface area contributed by atoms with Gasteiger partial charge in [-0.05, 0) is 105 Å². The standard InChI is InChI=1S/C54H35NO2/c1-3-12-36(13-4-1)40-16-11-17-41(34-40)37-22-27-43(28-23-37)55(44-29-24-38(25-30-44)42-26-33-52-48(35-42)46-18-7-9-20-50(46)56-52)49-32-31-45(39-14-5-2-6-15-39)53-47-19-8-10-21-51(47)57-54(49)53/h1-35H. The van der Waals surface area contributed by atoms with E-state index in [0.29, 0.717) is 0 Å². The fourth-order valence-corrected chi connectivity index (χ4v) is 8.30. The second-order valence-corrected chi connectivity index (χ2v) is 14.5. The molecule has 0 atom stereocenters. The average Bonchev–Trinajstić information content (AvgIpc) is 3.87.